The zero-order valence-electron chi connectivity index (χ0n) is 25.5. The average molecular weight is 613 g/mol. The molecular weight excluding hydrogens is 579 g/mol. The molecule has 4 aromatic heterocycles. The monoisotopic (exact) mass is 612 g/mol. The number of anilines is 2. The van der Waals surface area contributed by atoms with Crippen LogP contribution in [0.5, 0.6) is 17.4 Å². The molecule has 12 nitrogen and oxygen atoms in total. The van der Waals surface area contributed by atoms with Crippen LogP contribution >= 0.6 is 0 Å². The molecule has 6 heterocycles. The van der Waals surface area contributed by atoms with Crippen molar-refractivity contribution in [2.24, 2.45) is 0 Å². The third kappa shape index (κ3) is 5.42. The van der Waals surface area contributed by atoms with Crippen molar-refractivity contribution < 1.29 is 23.4 Å². The molecule has 2 atom stereocenters. The van der Waals surface area contributed by atoms with E-state index in [2.05, 4.69) is 30.4 Å². The first-order valence-electron chi connectivity index (χ1n) is 14.9. The maximum absolute atomic E-state index is 15.7. The van der Waals surface area contributed by atoms with E-state index in [1.165, 1.54) is 12.7 Å². The Hall–Kier alpha value is -5.07. The molecular formula is C32H33FN8O4. The Labute approximate surface area is 258 Å². The second-order valence-electron chi connectivity index (χ2n) is 12.4. The second-order valence-corrected chi connectivity index (χ2v) is 12.4. The molecule has 0 saturated carbocycles. The second kappa shape index (κ2) is 10.8. The molecule has 0 aliphatic carbocycles. The summed E-state index contributed by atoms with van der Waals surface area (Å²) < 4.78 is 35.6. The Morgan fingerprint density at radius 2 is 1.93 bits per heavy atom. The molecule has 2 bridgehead atoms. The molecule has 5 aromatic rings. The molecule has 1 amide bonds. The number of benzene rings is 1. The fraction of sp³-hybridized carbons (Fsp3) is 0.375. The number of piperidine rings is 1. The number of carbonyl (C=O) groups is 1. The predicted octanol–water partition coefficient (Wildman–Crippen LogP) is 6.71. The number of rotatable bonds is 6. The first kappa shape index (κ1) is 28.7. The summed E-state index contributed by atoms with van der Waals surface area (Å²) in [5, 5.41) is 7.78. The maximum atomic E-state index is 15.7. The minimum Gasteiger partial charge on any atom is -0.457 e. The van der Waals surface area contributed by atoms with Crippen molar-refractivity contribution in [3.8, 4) is 17.4 Å². The van der Waals surface area contributed by atoms with Gasteiger partial charge in [0, 0.05) is 48.2 Å². The van der Waals surface area contributed by atoms with E-state index < -0.39 is 17.1 Å². The Morgan fingerprint density at radius 1 is 1.07 bits per heavy atom. The minimum atomic E-state index is -0.854. The van der Waals surface area contributed by atoms with Gasteiger partial charge in [0.1, 0.15) is 35.6 Å². The predicted molar refractivity (Wildman–Crippen MR) is 163 cm³/mol. The number of pyridine rings is 2. The molecule has 2 saturated heterocycles. The fourth-order valence-electron chi connectivity index (χ4n) is 6.16. The van der Waals surface area contributed by atoms with Gasteiger partial charge in [-0.1, -0.05) is 0 Å². The van der Waals surface area contributed by atoms with Gasteiger partial charge in [0.15, 0.2) is 17.2 Å². The van der Waals surface area contributed by atoms with Crippen LogP contribution in [-0.4, -0.2) is 57.9 Å². The molecule has 2 aliphatic rings. The van der Waals surface area contributed by atoms with Crippen LogP contribution in [0.15, 0.2) is 55.4 Å². The summed E-state index contributed by atoms with van der Waals surface area (Å²) in [6, 6.07) is 8.53. The molecule has 1 aromatic carbocycles. The smallest absolute Gasteiger partial charge is 0.413 e. The van der Waals surface area contributed by atoms with Crippen LogP contribution in [0.3, 0.4) is 0 Å². The summed E-state index contributed by atoms with van der Waals surface area (Å²) in [7, 11) is 0. The van der Waals surface area contributed by atoms with E-state index in [9.17, 15) is 4.79 Å². The van der Waals surface area contributed by atoms with E-state index in [-0.39, 0.29) is 17.8 Å². The van der Waals surface area contributed by atoms with Gasteiger partial charge in [-0.2, -0.15) is 5.10 Å². The first-order valence-corrected chi connectivity index (χ1v) is 14.9. The van der Waals surface area contributed by atoms with Crippen molar-refractivity contribution in [3.05, 3.63) is 66.8 Å². The normalized spacial score (nSPS) is 19.6. The van der Waals surface area contributed by atoms with E-state index in [0.717, 1.165) is 19.3 Å². The van der Waals surface area contributed by atoms with Gasteiger partial charge in [-0.25, -0.2) is 33.6 Å². The summed E-state index contributed by atoms with van der Waals surface area (Å²) in [4.78, 5) is 32.5. The number of nitrogens with zero attached hydrogens (tertiary/aromatic N) is 7. The lowest BCUT2D eigenvalue weighted by Gasteiger charge is -2.44. The van der Waals surface area contributed by atoms with Crippen LogP contribution in [0.1, 0.15) is 58.4 Å². The van der Waals surface area contributed by atoms with E-state index in [4.69, 9.17) is 14.2 Å². The van der Waals surface area contributed by atoms with Gasteiger partial charge in [0.25, 0.3) is 0 Å². The number of carbonyl (C=O) groups excluding carboxylic acids is 1. The van der Waals surface area contributed by atoms with E-state index in [0.29, 0.717) is 58.2 Å². The van der Waals surface area contributed by atoms with Gasteiger partial charge in [0.05, 0.1) is 17.4 Å². The van der Waals surface area contributed by atoms with Crippen LogP contribution in [0.2, 0.25) is 0 Å². The van der Waals surface area contributed by atoms with Crippen LogP contribution < -0.4 is 14.8 Å². The minimum absolute atomic E-state index is 0.0541. The van der Waals surface area contributed by atoms with Crippen LogP contribution in [-0.2, 0) is 4.74 Å². The zero-order chi connectivity index (χ0) is 31.3. The summed E-state index contributed by atoms with van der Waals surface area (Å²) in [6.45, 7) is 7.21. The number of fused-ring (bicyclic) bond motifs is 4. The standard InChI is InChI=1S/C32H33FN8O4/c1-19-25(43-21-10-13-40-26(14-21)36-18-38-40)8-7-23(28(19)33)39-29-22-15-27(34-16-24(22)35-17-37-29)44-32-11-5-6-20(9-12-32)41(32)30(42)45-31(2,3)4/h7-8,10,13-18,20H,5-6,9,11-12H2,1-4H3,(H,35,37,39). The summed E-state index contributed by atoms with van der Waals surface area (Å²) in [6.07, 6.45) is 9.79. The lowest BCUT2D eigenvalue weighted by atomic mass is 10.00. The third-order valence-corrected chi connectivity index (χ3v) is 8.23. The summed E-state index contributed by atoms with van der Waals surface area (Å²) >= 11 is 0. The Balaban J connectivity index is 1.15. The van der Waals surface area contributed by atoms with Gasteiger partial charge in [-0.15, -0.1) is 0 Å². The quantitative estimate of drug-likeness (QED) is 0.221. The van der Waals surface area contributed by atoms with Crippen molar-refractivity contribution in [1.29, 1.82) is 0 Å². The number of aromatic nitrogens is 6. The van der Waals surface area contributed by atoms with Crippen LogP contribution in [0.4, 0.5) is 20.7 Å². The molecule has 45 heavy (non-hydrogen) atoms. The highest BCUT2D eigenvalue weighted by Gasteiger charge is 2.54. The van der Waals surface area contributed by atoms with Crippen molar-refractivity contribution in [3.63, 3.8) is 0 Å². The topological polar surface area (TPSA) is 129 Å². The number of halogens is 1. The maximum Gasteiger partial charge on any atom is 0.413 e. The van der Waals surface area contributed by atoms with E-state index >= 15 is 4.39 Å². The molecule has 13 heteroatoms. The zero-order valence-corrected chi connectivity index (χ0v) is 25.5. The highest BCUT2D eigenvalue weighted by Crippen LogP contribution is 2.46. The van der Waals surface area contributed by atoms with Gasteiger partial charge in [-0.05, 0) is 65.2 Å². The Kier molecular flexibility index (Phi) is 6.90. The molecule has 232 valence electrons. The molecule has 0 radical (unpaired) electrons. The molecule has 2 fully saturated rings. The molecule has 1 N–H and O–H groups in total. The van der Waals surface area contributed by atoms with Crippen molar-refractivity contribution in [1.82, 2.24) is 34.4 Å². The van der Waals surface area contributed by atoms with Crippen molar-refractivity contribution in [2.75, 3.05) is 5.32 Å². The van der Waals surface area contributed by atoms with Crippen molar-refractivity contribution in [2.45, 2.75) is 77.2 Å². The average Bonchev–Trinajstić information content (AvgIpc) is 3.55. The Morgan fingerprint density at radius 3 is 2.78 bits per heavy atom. The SMILES string of the molecule is Cc1c(Oc2ccn3ncnc3c2)ccc(Nc2ncnc3cnc(OC45CCCC(CC4)N5C(=O)OC(C)(C)C)cc23)c1F. The van der Waals surface area contributed by atoms with E-state index in [1.54, 1.807) is 59.1 Å². The Bertz CT molecular complexity index is 1920. The number of ether oxygens (including phenoxy) is 3. The fourth-order valence-corrected chi connectivity index (χ4v) is 6.16. The number of nitrogens with one attached hydrogen (secondary N) is 1. The highest BCUT2D eigenvalue weighted by molar-refractivity contribution is 5.90. The first-order chi connectivity index (χ1) is 21.6. The van der Waals surface area contributed by atoms with Crippen LogP contribution in [0, 0.1) is 12.7 Å². The van der Waals surface area contributed by atoms with E-state index in [1.807, 2.05) is 20.8 Å². The summed E-state index contributed by atoms with van der Waals surface area (Å²) in [5.41, 5.74) is 0.222. The molecule has 7 rings (SSSR count). The largest absolute Gasteiger partial charge is 0.457 e. The van der Waals surface area contributed by atoms with Gasteiger partial charge < -0.3 is 19.5 Å². The number of hydrogen-bond acceptors (Lipinski definition) is 10. The molecule has 2 unspecified atom stereocenters. The van der Waals surface area contributed by atoms with Crippen molar-refractivity contribution >= 4 is 34.1 Å². The third-order valence-electron chi connectivity index (χ3n) is 8.23. The lowest BCUT2D eigenvalue weighted by molar-refractivity contribution is -0.0991. The number of hydrogen-bond donors (Lipinski definition) is 1. The summed E-state index contributed by atoms with van der Waals surface area (Å²) in [5.74, 6) is 1.09. The van der Waals surface area contributed by atoms with Gasteiger partial charge in [0.2, 0.25) is 5.88 Å². The van der Waals surface area contributed by atoms with Gasteiger partial charge in [-0.3, -0.25) is 4.90 Å². The molecule has 2 aliphatic heterocycles. The highest BCUT2D eigenvalue weighted by atomic mass is 19.1. The molecule has 0 spiro atoms. The van der Waals surface area contributed by atoms with Crippen LogP contribution in [0.25, 0.3) is 16.6 Å². The lowest BCUT2D eigenvalue weighted by Crippen LogP contribution is -2.57. The number of amides is 1. The van der Waals surface area contributed by atoms with Gasteiger partial charge >= 0.3 is 6.09 Å².